The minimum absolute atomic E-state index is 0.0452. The standard InChI is InChI=1S/C7H11N3O2/c1-5-9-7(10-12-5)6-4-8-2-3-11-6/h6,8H,2-4H2,1H3. The first-order valence-corrected chi connectivity index (χ1v) is 3.99. The molecule has 1 aromatic rings. The molecule has 1 aromatic heterocycles. The lowest BCUT2D eigenvalue weighted by Gasteiger charge is -2.20. The normalized spacial score (nSPS) is 24.2. The third-order valence-corrected chi connectivity index (χ3v) is 1.76. The average Bonchev–Trinajstić information content (AvgIpc) is 2.54. The van der Waals surface area contributed by atoms with E-state index in [1.807, 2.05) is 0 Å². The predicted octanol–water partition coefficient (Wildman–Crippen LogP) is 0.0389. The smallest absolute Gasteiger partial charge is 0.223 e. The summed E-state index contributed by atoms with van der Waals surface area (Å²) in [5.74, 6) is 1.22. The summed E-state index contributed by atoms with van der Waals surface area (Å²) in [7, 11) is 0. The van der Waals surface area contributed by atoms with Gasteiger partial charge >= 0.3 is 0 Å². The lowest BCUT2D eigenvalue weighted by atomic mass is 10.3. The molecule has 0 aromatic carbocycles. The molecule has 0 bridgehead atoms. The van der Waals surface area contributed by atoms with Crippen LogP contribution in [0.2, 0.25) is 0 Å². The number of ether oxygens (including phenoxy) is 1. The zero-order chi connectivity index (χ0) is 8.39. The van der Waals surface area contributed by atoms with Gasteiger partial charge in [-0.15, -0.1) is 0 Å². The molecule has 1 aliphatic heterocycles. The second kappa shape index (κ2) is 3.20. The molecule has 0 saturated carbocycles. The van der Waals surface area contributed by atoms with E-state index in [-0.39, 0.29) is 6.10 Å². The lowest BCUT2D eigenvalue weighted by Crippen LogP contribution is -2.33. The van der Waals surface area contributed by atoms with Crippen molar-refractivity contribution in [1.29, 1.82) is 0 Å². The molecular formula is C7H11N3O2. The Hall–Kier alpha value is -0.940. The Kier molecular flexibility index (Phi) is 2.05. The van der Waals surface area contributed by atoms with Crippen LogP contribution in [0.3, 0.4) is 0 Å². The quantitative estimate of drug-likeness (QED) is 0.643. The van der Waals surface area contributed by atoms with Gasteiger partial charge in [-0.25, -0.2) is 0 Å². The van der Waals surface area contributed by atoms with Gasteiger partial charge in [0.05, 0.1) is 6.61 Å². The van der Waals surface area contributed by atoms with Crippen LogP contribution < -0.4 is 5.32 Å². The van der Waals surface area contributed by atoms with Crippen molar-refractivity contribution < 1.29 is 9.26 Å². The van der Waals surface area contributed by atoms with Crippen LogP contribution in [0, 0.1) is 6.92 Å². The number of aryl methyl sites for hydroxylation is 1. The second-order valence-electron chi connectivity index (χ2n) is 2.74. The maximum absolute atomic E-state index is 5.43. The summed E-state index contributed by atoms with van der Waals surface area (Å²) in [5.41, 5.74) is 0. The monoisotopic (exact) mass is 169 g/mol. The summed E-state index contributed by atoms with van der Waals surface area (Å²) in [6, 6.07) is 0. The van der Waals surface area contributed by atoms with Crippen LogP contribution in [0.4, 0.5) is 0 Å². The minimum atomic E-state index is -0.0452. The van der Waals surface area contributed by atoms with Crippen LogP contribution in [-0.2, 0) is 4.74 Å². The number of aromatic nitrogens is 2. The van der Waals surface area contributed by atoms with E-state index in [4.69, 9.17) is 9.26 Å². The maximum Gasteiger partial charge on any atom is 0.223 e. The average molecular weight is 169 g/mol. The van der Waals surface area contributed by atoms with Gasteiger partial charge in [0.1, 0.15) is 6.10 Å². The first-order chi connectivity index (χ1) is 5.86. The molecule has 12 heavy (non-hydrogen) atoms. The Balaban J connectivity index is 2.08. The molecule has 0 spiro atoms. The number of hydrogen-bond donors (Lipinski definition) is 1. The third kappa shape index (κ3) is 1.46. The number of morpholine rings is 1. The fraction of sp³-hybridized carbons (Fsp3) is 0.714. The van der Waals surface area contributed by atoms with Gasteiger partial charge in [0.2, 0.25) is 11.7 Å². The van der Waals surface area contributed by atoms with Crippen molar-refractivity contribution in [2.24, 2.45) is 0 Å². The van der Waals surface area contributed by atoms with E-state index in [0.29, 0.717) is 18.3 Å². The summed E-state index contributed by atoms with van der Waals surface area (Å²) < 4.78 is 10.3. The summed E-state index contributed by atoms with van der Waals surface area (Å²) in [6.45, 7) is 4.14. The molecule has 1 fully saturated rings. The fourth-order valence-electron chi connectivity index (χ4n) is 1.18. The predicted molar refractivity (Wildman–Crippen MR) is 40.6 cm³/mol. The van der Waals surface area contributed by atoms with Gasteiger partial charge in [-0.2, -0.15) is 4.98 Å². The van der Waals surface area contributed by atoms with Crippen molar-refractivity contribution in [3.8, 4) is 0 Å². The molecule has 5 heteroatoms. The van der Waals surface area contributed by atoms with E-state index in [1.165, 1.54) is 0 Å². The van der Waals surface area contributed by atoms with Gasteiger partial charge in [-0.3, -0.25) is 0 Å². The summed E-state index contributed by atoms with van der Waals surface area (Å²) in [6.07, 6.45) is -0.0452. The Morgan fingerprint density at radius 3 is 3.08 bits per heavy atom. The van der Waals surface area contributed by atoms with Gasteiger partial charge in [0, 0.05) is 20.0 Å². The summed E-state index contributed by atoms with van der Waals surface area (Å²) in [5, 5.41) is 6.98. The van der Waals surface area contributed by atoms with Crippen molar-refractivity contribution >= 4 is 0 Å². The summed E-state index contributed by atoms with van der Waals surface area (Å²) >= 11 is 0. The Morgan fingerprint density at radius 2 is 2.50 bits per heavy atom. The molecule has 1 N–H and O–H groups in total. The third-order valence-electron chi connectivity index (χ3n) is 1.76. The van der Waals surface area contributed by atoms with Crippen molar-refractivity contribution in [2.45, 2.75) is 13.0 Å². The zero-order valence-corrected chi connectivity index (χ0v) is 6.91. The molecular weight excluding hydrogens is 158 g/mol. The summed E-state index contributed by atoms with van der Waals surface area (Å²) in [4.78, 5) is 4.09. The number of hydrogen-bond acceptors (Lipinski definition) is 5. The molecule has 2 heterocycles. The van der Waals surface area contributed by atoms with E-state index >= 15 is 0 Å². The van der Waals surface area contributed by atoms with Gasteiger partial charge in [-0.1, -0.05) is 5.16 Å². The van der Waals surface area contributed by atoms with E-state index < -0.39 is 0 Å². The van der Waals surface area contributed by atoms with Crippen LogP contribution in [0.15, 0.2) is 4.52 Å². The van der Waals surface area contributed by atoms with Crippen LogP contribution in [0.5, 0.6) is 0 Å². The highest BCUT2D eigenvalue weighted by Gasteiger charge is 2.20. The molecule has 1 saturated heterocycles. The lowest BCUT2D eigenvalue weighted by molar-refractivity contribution is 0.0208. The second-order valence-corrected chi connectivity index (χ2v) is 2.74. The highest BCUT2D eigenvalue weighted by Crippen LogP contribution is 2.14. The van der Waals surface area contributed by atoms with Crippen LogP contribution in [0.1, 0.15) is 17.8 Å². The Bertz CT molecular complexity index is 255. The molecule has 1 aliphatic rings. The van der Waals surface area contributed by atoms with Crippen molar-refractivity contribution in [2.75, 3.05) is 19.7 Å². The largest absolute Gasteiger partial charge is 0.367 e. The maximum atomic E-state index is 5.43. The first-order valence-electron chi connectivity index (χ1n) is 3.99. The Morgan fingerprint density at radius 1 is 1.58 bits per heavy atom. The highest BCUT2D eigenvalue weighted by atomic mass is 16.5. The zero-order valence-electron chi connectivity index (χ0n) is 6.91. The van der Waals surface area contributed by atoms with Crippen LogP contribution in [0.25, 0.3) is 0 Å². The van der Waals surface area contributed by atoms with Gasteiger partial charge in [0.15, 0.2) is 0 Å². The fourth-order valence-corrected chi connectivity index (χ4v) is 1.18. The van der Waals surface area contributed by atoms with Crippen molar-refractivity contribution in [1.82, 2.24) is 15.5 Å². The van der Waals surface area contributed by atoms with E-state index in [0.717, 1.165) is 13.1 Å². The SMILES string of the molecule is Cc1nc(C2CNCCO2)no1. The van der Waals surface area contributed by atoms with Gasteiger partial charge in [-0.05, 0) is 0 Å². The van der Waals surface area contributed by atoms with E-state index in [2.05, 4.69) is 15.5 Å². The van der Waals surface area contributed by atoms with Crippen molar-refractivity contribution in [3.63, 3.8) is 0 Å². The van der Waals surface area contributed by atoms with Crippen LogP contribution >= 0.6 is 0 Å². The first kappa shape index (κ1) is 7.70. The molecule has 66 valence electrons. The van der Waals surface area contributed by atoms with Crippen molar-refractivity contribution in [3.05, 3.63) is 11.7 Å². The van der Waals surface area contributed by atoms with E-state index in [9.17, 15) is 0 Å². The molecule has 0 amide bonds. The molecule has 1 atom stereocenters. The number of nitrogens with one attached hydrogen (secondary N) is 1. The number of nitrogens with zero attached hydrogens (tertiary/aromatic N) is 2. The van der Waals surface area contributed by atoms with E-state index in [1.54, 1.807) is 6.92 Å². The topological polar surface area (TPSA) is 60.2 Å². The Labute approximate surface area is 70.1 Å². The molecule has 0 radical (unpaired) electrons. The van der Waals surface area contributed by atoms with Gasteiger partial charge in [0.25, 0.3) is 0 Å². The molecule has 1 unspecified atom stereocenters. The number of rotatable bonds is 1. The van der Waals surface area contributed by atoms with Gasteiger partial charge < -0.3 is 14.6 Å². The molecule has 2 rings (SSSR count). The van der Waals surface area contributed by atoms with Crippen LogP contribution in [-0.4, -0.2) is 29.8 Å². The minimum Gasteiger partial charge on any atom is -0.367 e. The highest BCUT2D eigenvalue weighted by molar-refractivity contribution is 4.92. The molecule has 0 aliphatic carbocycles. The molecule has 5 nitrogen and oxygen atoms in total.